The monoisotopic (exact) mass is 408 g/mol. The van der Waals surface area contributed by atoms with Crippen LogP contribution in [0.25, 0.3) is 0 Å². The number of carbonyl (C=O) groups is 1. The number of hydrogen-bond donors (Lipinski definition) is 0. The molecule has 3 rings (SSSR count). The van der Waals surface area contributed by atoms with Gasteiger partial charge in [0, 0.05) is 53.0 Å². The van der Waals surface area contributed by atoms with Crippen molar-refractivity contribution in [3.8, 4) is 0 Å². The molecular formula is C25H36N4O. The predicted molar refractivity (Wildman–Crippen MR) is 125 cm³/mol. The second-order valence-electron chi connectivity index (χ2n) is 8.64. The Balaban J connectivity index is 1.47. The lowest BCUT2D eigenvalue weighted by molar-refractivity contribution is -0.131. The number of benzene rings is 2. The predicted octanol–water partition coefficient (Wildman–Crippen LogP) is 3.23. The van der Waals surface area contributed by atoms with E-state index in [1.165, 1.54) is 16.8 Å². The van der Waals surface area contributed by atoms with E-state index in [2.05, 4.69) is 70.2 Å². The number of amides is 1. The molecule has 1 amide bonds. The van der Waals surface area contributed by atoms with Gasteiger partial charge in [-0.25, -0.2) is 0 Å². The van der Waals surface area contributed by atoms with Crippen molar-refractivity contribution in [1.82, 2.24) is 14.7 Å². The molecule has 1 saturated heterocycles. The van der Waals surface area contributed by atoms with Crippen LogP contribution in [-0.4, -0.2) is 74.5 Å². The van der Waals surface area contributed by atoms with E-state index in [1.54, 1.807) is 0 Å². The molecule has 0 unspecified atom stereocenters. The van der Waals surface area contributed by atoms with Crippen molar-refractivity contribution < 1.29 is 4.79 Å². The van der Waals surface area contributed by atoms with Crippen molar-refractivity contribution in [1.29, 1.82) is 0 Å². The first-order valence-electron chi connectivity index (χ1n) is 10.9. The van der Waals surface area contributed by atoms with Crippen LogP contribution in [0.4, 0.5) is 5.69 Å². The fraction of sp³-hybridized carbons (Fsp3) is 0.480. The number of aryl methyl sites for hydroxylation is 1. The summed E-state index contributed by atoms with van der Waals surface area (Å²) in [4.78, 5) is 21.5. The molecule has 0 radical (unpaired) electrons. The van der Waals surface area contributed by atoms with Gasteiger partial charge in [0.1, 0.15) is 0 Å². The van der Waals surface area contributed by atoms with E-state index in [0.717, 1.165) is 44.7 Å². The van der Waals surface area contributed by atoms with Gasteiger partial charge in [0.2, 0.25) is 5.91 Å². The molecule has 0 bridgehead atoms. The van der Waals surface area contributed by atoms with Crippen LogP contribution in [0.2, 0.25) is 0 Å². The van der Waals surface area contributed by atoms with Crippen molar-refractivity contribution in [3.63, 3.8) is 0 Å². The number of hydrogen-bond acceptors (Lipinski definition) is 4. The Morgan fingerprint density at radius 1 is 0.900 bits per heavy atom. The minimum absolute atomic E-state index is 0.194. The molecule has 0 N–H and O–H groups in total. The Kier molecular flexibility index (Phi) is 7.88. The van der Waals surface area contributed by atoms with Crippen LogP contribution in [-0.2, 0) is 17.9 Å². The van der Waals surface area contributed by atoms with Gasteiger partial charge in [-0.1, -0.05) is 36.4 Å². The fourth-order valence-electron chi connectivity index (χ4n) is 3.94. The molecule has 0 saturated carbocycles. The average molecular weight is 409 g/mol. The highest BCUT2D eigenvalue weighted by atomic mass is 16.2. The van der Waals surface area contributed by atoms with E-state index >= 15 is 0 Å². The Labute approximate surface area is 181 Å². The number of carbonyl (C=O) groups excluding carboxylic acids is 1. The van der Waals surface area contributed by atoms with E-state index in [1.807, 2.05) is 26.0 Å². The summed E-state index contributed by atoms with van der Waals surface area (Å²) in [5.41, 5.74) is 5.10. The second kappa shape index (κ2) is 10.6. The molecule has 5 nitrogen and oxygen atoms in total. The summed E-state index contributed by atoms with van der Waals surface area (Å²) < 4.78 is 0. The summed E-state index contributed by atoms with van der Waals surface area (Å²) in [7, 11) is 5.98. The molecule has 0 atom stereocenters. The molecule has 1 aliphatic heterocycles. The van der Waals surface area contributed by atoms with Crippen LogP contribution in [0, 0.1) is 6.92 Å². The highest BCUT2D eigenvalue weighted by Gasteiger charge is 2.19. The molecule has 0 aliphatic carbocycles. The van der Waals surface area contributed by atoms with Gasteiger partial charge in [-0.15, -0.1) is 0 Å². The molecule has 0 aromatic heterocycles. The highest BCUT2D eigenvalue weighted by molar-refractivity contribution is 5.78. The largest absolute Gasteiger partial charge is 0.378 e. The summed E-state index contributed by atoms with van der Waals surface area (Å²) >= 11 is 0. The van der Waals surface area contributed by atoms with Crippen molar-refractivity contribution in [2.45, 2.75) is 26.4 Å². The van der Waals surface area contributed by atoms with Crippen molar-refractivity contribution >= 4 is 11.6 Å². The third kappa shape index (κ3) is 6.31. The minimum Gasteiger partial charge on any atom is -0.378 e. The molecule has 1 aliphatic rings. The van der Waals surface area contributed by atoms with Crippen LogP contribution in [0.5, 0.6) is 0 Å². The van der Waals surface area contributed by atoms with Crippen molar-refractivity contribution in [2.75, 3.05) is 58.8 Å². The summed E-state index contributed by atoms with van der Waals surface area (Å²) in [5, 5.41) is 0. The summed E-state index contributed by atoms with van der Waals surface area (Å²) in [6, 6.07) is 17.0. The van der Waals surface area contributed by atoms with Crippen molar-refractivity contribution in [3.05, 3.63) is 65.2 Å². The lowest BCUT2D eigenvalue weighted by Gasteiger charge is -2.24. The Morgan fingerprint density at radius 3 is 2.27 bits per heavy atom. The first kappa shape index (κ1) is 22.3. The van der Waals surface area contributed by atoms with Gasteiger partial charge in [-0.05, 0) is 55.3 Å². The Bertz CT molecular complexity index is 818. The molecule has 2 aromatic carbocycles. The average Bonchev–Trinajstić information content (AvgIpc) is 2.95. The summed E-state index contributed by atoms with van der Waals surface area (Å²) in [5.74, 6) is 0.194. The zero-order valence-electron chi connectivity index (χ0n) is 19.0. The fourth-order valence-corrected chi connectivity index (χ4v) is 3.94. The Morgan fingerprint density at radius 2 is 1.57 bits per heavy atom. The number of nitrogens with zero attached hydrogens (tertiary/aromatic N) is 4. The van der Waals surface area contributed by atoms with Crippen LogP contribution in [0.1, 0.15) is 23.1 Å². The first-order chi connectivity index (χ1) is 14.4. The van der Waals surface area contributed by atoms with E-state index in [-0.39, 0.29) is 5.91 Å². The molecule has 1 heterocycles. The maximum absolute atomic E-state index is 12.8. The second-order valence-corrected chi connectivity index (χ2v) is 8.64. The van der Waals surface area contributed by atoms with E-state index in [4.69, 9.17) is 0 Å². The molecule has 1 fully saturated rings. The van der Waals surface area contributed by atoms with E-state index in [0.29, 0.717) is 13.1 Å². The number of likely N-dealkylation sites (N-methyl/N-ethyl adjacent to an activating group) is 1. The third-order valence-corrected chi connectivity index (χ3v) is 5.99. The topological polar surface area (TPSA) is 30.0 Å². The summed E-state index contributed by atoms with van der Waals surface area (Å²) in [6.45, 7) is 8.37. The van der Waals surface area contributed by atoms with Crippen LogP contribution >= 0.6 is 0 Å². The lowest BCUT2D eigenvalue weighted by Crippen LogP contribution is -2.39. The van der Waals surface area contributed by atoms with Gasteiger partial charge in [0.15, 0.2) is 0 Å². The molecule has 2 aromatic rings. The smallest absolute Gasteiger partial charge is 0.236 e. The maximum atomic E-state index is 12.8. The van der Waals surface area contributed by atoms with Gasteiger partial charge in [0.25, 0.3) is 0 Å². The SMILES string of the molecule is Cc1ccccc1CN1CCCN(CC(=O)N(C)Cc2ccc(N(C)C)cc2)CC1. The van der Waals surface area contributed by atoms with Gasteiger partial charge in [-0.2, -0.15) is 0 Å². The van der Waals surface area contributed by atoms with Crippen LogP contribution in [0.15, 0.2) is 48.5 Å². The first-order valence-corrected chi connectivity index (χ1v) is 10.9. The molecular weight excluding hydrogens is 372 g/mol. The number of anilines is 1. The van der Waals surface area contributed by atoms with Crippen LogP contribution < -0.4 is 4.90 Å². The van der Waals surface area contributed by atoms with Crippen molar-refractivity contribution in [2.24, 2.45) is 0 Å². The molecule has 162 valence electrons. The zero-order chi connectivity index (χ0) is 21.5. The standard InChI is InChI=1S/C25H36N4O/c1-21-8-5-6-9-23(21)19-28-14-7-15-29(17-16-28)20-25(30)27(4)18-22-10-12-24(13-11-22)26(2)3/h5-6,8-13H,7,14-20H2,1-4H3. The van der Waals surface area contributed by atoms with E-state index < -0.39 is 0 Å². The summed E-state index contributed by atoms with van der Waals surface area (Å²) in [6.07, 6.45) is 1.11. The number of rotatable bonds is 7. The van der Waals surface area contributed by atoms with Gasteiger partial charge < -0.3 is 9.80 Å². The molecule has 30 heavy (non-hydrogen) atoms. The van der Waals surface area contributed by atoms with Gasteiger partial charge in [0.05, 0.1) is 6.54 Å². The highest BCUT2D eigenvalue weighted by Crippen LogP contribution is 2.15. The third-order valence-electron chi connectivity index (χ3n) is 5.99. The maximum Gasteiger partial charge on any atom is 0.236 e. The normalized spacial score (nSPS) is 15.6. The minimum atomic E-state index is 0.194. The van der Waals surface area contributed by atoms with Gasteiger partial charge >= 0.3 is 0 Å². The molecule has 0 spiro atoms. The quantitative estimate of drug-likeness (QED) is 0.704. The molecule has 5 heteroatoms. The Hall–Kier alpha value is -2.37. The van der Waals surface area contributed by atoms with Gasteiger partial charge in [-0.3, -0.25) is 14.6 Å². The van der Waals surface area contributed by atoms with Crippen LogP contribution in [0.3, 0.4) is 0 Å². The van der Waals surface area contributed by atoms with E-state index in [9.17, 15) is 4.79 Å². The lowest BCUT2D eigenvalue weighted by atomic mass is 10.1. The zero-order valence-corrected chi connectivity index (χ0v) is 19.0.